The molecular weight excluding hydrogens is 308 g/mol. The lowest BCUT2D eigenvalue weighted by molar-refractivity contribution is -0.568. The van der Waals surface area contributed by atoms with E-state index in [1.54, 1.807) is 0 Å². The van der Waals surface area contributed by atoms with Gasteiger partial charge in [0.2, 0.25) is 0 Å². The molecule has 76 valence electrons. The molecular formula is C10H13Br2N2+. The molecule has 14 heavy (non-hydrogen) atoms. The number of hydrogen-bond acceptors (Lipinski definition) is 1. The maximum absolute atomic E-state index is 3.44. The van der Waals surface area contributed by atoms with Crippen LogP contribution in [-0.2, 0) is 0 Å². The van der Waals surface area contributed by atoms with E-state index in [0.29, 0.717) is 0 Å². The summed E-state index contributed by atoms with van der Waals surface area (Å²) < 4.78 is 3.12. The molecule has 0 N–H and O–H groups in total. The standard InChI is InChI=1S/C10H13Br2N2/c1-13(2)10-3-5-14(6-4-10)8-9(12)7-11/h3-6,8H,7H2,1-2H3/q+1. The summed E-state index contributed by atoms with van der Waals surface area (Å²) in [6, 6.07) is 4.15. The lowest BCUT2D eigenvalue weighted by Crippen LogP contribution is -2.25. The van der Waals surface area contributed by atoms with Gasteiger partial charge in [-0.25, -0.2) is 0 Å². The highest BCUT2D eigenvalue weighted by Crippen LogP contribution is 2.09. The van der Waals surface area contributed by atoms with E-state index in [1.807, 2.05) is 37.3 Å². The first-order valence-corrected chi connectivity index (χ1v) is 6.15. The molecule has 0 aliphatic heterocycles. The number of rotatable bonds is 3. The van der Waals surface area contributed by atoms with Crippen LogP contribution in [0.3, 0.4) is 0 Å². The third kappa shape index (κ3) is 3.42. The van der Waals surface area contributed by atoms with Gasteiger partial charge in [-0.2, -0.15) is 4.57 Å². The number of aromatic nitrogens is 1. The van der Waals surface area contributed by atoms with Crippen molar-refractivity contribution >= 4 is 43.7 Å². The van der Waals surface area contributed by atoms with Crippen LogP contribution in [0.1, 0.15) is 0 Å². The van der Waals surface area contributed by atoms with Gasteiger partial charge in [0, 0.05) is 37.2 Å². The Morgan fingerprint density at radius 3 is 2.43 bits per heavy atom. The van der Waals surface area contributed by atoms with Crippen LogP contribution in [0.2, 0.25) is 0 Å². The van der Waals surface area contributed by atoms with E-state index < -0.39 is 0 Å². The van der Waals surface area contributed by atoms with Gasteiger partial charge in [0.1, 0.15) is 0 Å². The number of hydrogen-bond donors (Lipinski definition) is 0. The van der Waals surface area contributed by atoms with E-state index in [-0.39, 0.29) is 0 Å². The molecule has 4 heteroatoms. The summed E-state index contributed by atoms with van der Waals surface area (Å²) in [5.74, 6) is 0. The van der Waals surface area contributed by atoms with E-state index in [0.717, 1.165) is 9.81 Å². The highest BCUT2D eigenvalue weighted by Gasteiger charge is 2.00. The molecule has 0 saturated carbocycles. The Balaban J connectivity index is 2.84. The van der Waals surface area contributed by atoms with Crippen molar-refractivity contribution in [3.63, 3.8) is 0 Å². The van der Waals surface area contributed by atoms with E-state index in [4.69, 9.17) is 0 Å². The number of alkyl halides is 1. The molecule has 0 spiro atoms. The van der Waals surface area contributed by atoms with Crippen molar-refractivity contribution in [2.75, 3.05) is 24.3 Å². The van der Waals surface area contributed by atoms with Crippen LogP contribution in [0.5, 0.6) is 0 Å². The number of allylic oxidation sites excluding steroid dienone is 1. The second-order valence-electron chi connectivity index (χ2n) is 3.11. The Labute approximate surface area is 101 Å². The van der Waals surface area contributed by atoms with Crippen molar-refractivity contribution in [3.8, 4) is 0 Å². The van der Waals surface area contributed by atoms with E-state index in [9.17, 15) is 0 Å². The fourth-order valence-electron chi connectivity index (χ4n) is 1.01. The molecule has 1 aromatic heterocycles. The maximum Gasteiger partial charge on any atom is 0.185 e. The second kappa shape index (κ2) is 5.51. The van der Waals surface area contributed by atoms with Crippen LogP contribution in [0.15, 0.2) is 29.0 Å². The predicted molar refractivity (Wildman–Crippen MR) is 68.0 cm³/mol. The summed E-state index contributed by atoms with van der Waals surface area (Å²) in [7, 11) is 4.06. The van der Waals surface area contributed by atoms with E-state index in [1.165, 1.54) is 5.69 Å². The zero-order valence-electron chi connectivity index (χ0n) is 8.24. The first-order valence-electron chi connectivity index (χ1n) is 4.24. The molecule has 0 aliphatic rings. The summed E-state index contributed by atoms with van der Waals surface area (Å²) in [6.45, 7) is 0. The molecule has 0 aliphatic carbocycles. The van der Waals surface area contributed by atoms with Crippen LogP contribution in [-0.4, -0.2) is 19.4 Å². The lowest BCUT2D eigenvalue weighted by atomic mass is 10.4. The minimum atomic E-state index is 0.829. The van der Waals surface area contributed by atoms with E-state index >= 15 is 0 Å². The molecule has 1 heterocycles. The fraction of sp³-hybridized carbons (Fsp3) is 0.300. The third-order valence-electron chi connectivity index (χ3n) is 1.77. The lowest BCUT2D eigenvalue weighted by Gasteiger charge is -2.09. The SMILES string of the molecule is CN(C)c1cc[n+](C=C(Br)CBr)cc1. The highest BCUT2D eigenvalue weighted by atomic mass is 79.9. The third-order valence-corrected chi connectivity index (χ3v) is 3.61. The van der Waals surface area contributed by atoms with Gasteiger partial charge in [-0.1, -0.05) is 15.9 Å². The number of halogens is 2. The van der Waals surface area contributed by atoms with Crippen LogP contribution in [0.25, 0.3) is 6.20 Å². The summed E-state index contributed by atoms with van der Waals surface area (Å²) in [5.41, 5.74) is 1.20. The molecule has 0 saturated heterocycles. The van der Waals surface area contributed by atoms with Gasteiger partial charge in [0.25, 0.3) is 0 Å². The van der Waals surface area contributed by atoms with Gasteiger partial charge < -0.3 is 4.90 Å². The van der Waals surface area contributed by atoms with Crippen molar-refractivity contribution in [3.05, 3.63) is 29.0 Å². The van der Waals surface area contributed by atoms with Crippen molar-refractivity contribution in [1.29, 1.82) is 0 Å². The van der Waals surface area contributed by atoms with Crippen molar-refractivity contribution in [2.24, 2.45) is 0 Å². The summed E-state index contributed by atoms with van der Waals surface area (Å²) >= 11 is 6.82. The molecule has 2 nitrogen and oxygen atoms in total. The van der Waals surface area contributed by atoms with Gasteiger partial charge in [0.15, 0.2) is 18.6 Å². The average molecular weight is 321 g/mol. The van der Waals surface area contributed by atoms with Gasteiger partial charge >= 0.3 is 0 Å². The quantitative estimate of drug-likeness (QED) is 0.613. The molecule has 0 unspecified atom stereocenters. The maximum atomic E-state index is 3.44. The minimum absolute atomic E-state index is 0.829. The smallest absolute Gasteiger partial charge is 0.185 e. The minimum Gasteiger partial charge on any atom is -0.377 e. The Bertz CT molecular complexity index is 317. The molecule has 1 aromatic rings. The predicted octanol–water partition coefficient (Wildman–Crippen LogP) is 2.63. The highest BCUT2D eigenvalue weighted by molar-refractivity contribution is 9.13. The molecule has 0 amide bonds. The average Bonchev–Trinajstić information content (AvgIpc) is 2.18. The first-order chi connectivity index (χ1) is 6.63. The van der Waals surface area contributed by atoms with Gasteiger partial charge in [0.05, 0.1) is 4.48 Å². The van der Waals surface area contributed by atoms with Gasteiger partial charge in [-0.3, -0.25) is 0 Å². The van der Waals surface area contributed by atoms with Crippen LogP contribution in [0, 0.1) is 0 Å². The Morgan fingerprint density at radius 1 is 1.43 bits per heavy atom. The molecule has 0 radical (unpaired) electrons. The van der Waals surface area contributed by atoms with Crippen LogP contribution in [0.4, 0.5) is 5.69 Å². The Hall–Kier alpha value is -0.350. The molecule has 1 rings (SSSR count). The summed E-state index contributed by atoms with van der Waals surface area (Å²) in [4.78, 5) is 2.08. The molecule has 0 fully saturated rings. The van der Waals surface area contributed by atoms with Crippen molar-refractivity contribution in [1.82, 2.24) is 0 Å². The van der Waals surface area contributed by atoms with Crippen molar-refractivity contribution < 1.29 is 4.57 Å². The normalized spacial score (nSPS) is 11.6. The zero-order chi connectivity index (χ0) is 10.6. The largest absolute Gasteiger partial charge is 0.377 e. The second-order valence-corrected chi connectivity index (χ2v) is 4.69. The summed E-state index contributed by atoms with van der Waals surface area (Å²) in [6.07, 6.45) is 6.08. The summed E-state index contributed by atoms with van der Waals surface area (Å²) in [5, 5.41) is 0.829. The topological polar surface area (TPSA) is 7.12 Å². The zero-order valence-corrected chi connectivity index (χ0v) is 11.4. The first kappa shape index (κ1) is 11.7. The van der Waals surface area contributed by atoms with E-state index in [2.05, 4.69) is 48.9 Å². The number of anilines is 1. The molecule has 0 bridgehead atoms. The molecule has 0 aromatic carbocycles. The van der Waals surface area contributed by atoms with Gasteiger partial charge in [-0.05, 0) is 15.9 Å². The van der Waals surface area contributed by atoms with Crippen molar-refractivity contribution in [2.45, 2.75) is 0 Å². The van der Waals surface area contributed by atoms with Crippen LogP contribution < -0.4 is 9.47 Å². The number of nitrogens with zero attached hydrogens (tertiary/aromatic N) is 2. The number of pyridine rings is 1. The Kier molecular flexibility index (Phi) is 4.62. The van der Waals surface area contributed by atoms with Gasteiger partial charge in [-0.15, -0.1) is 0 Å². The van der Waals surface area contributed by atoms with Crippen LogP contribution >= 0.6 is 31.9 Å². The monoisotopic (exact) mass is 319 g/mol. The fourth-order valence-corrected chi connectivity index (χ4v) is 1.39. The molecule has 0 atom stereocenters. The Morgan fingerprint density at radius 2 is 2.00 bits per heavy atom.